The third-order valence-corrected chi connectivity index (χ3v) is 3.37. The van der Waals surface area contributed by atoms with Crippen LogP contribution < -0.4 is 5.73 Å². The van der Waals surface area contributed by atoms with E-state index in [2.05, 4.69) is 0 Å². The second-order valence-electron chi connectivity index (χ2n) is 4.29. The van der Waals surface area contributed by atoms with Crippen LogP contribution in [-0.4, -0.2) is 29.9 Å². The molecule has 1 aromatic rings. The zero-order chi connectivity index (χ0) is 12.4. The van der Waals surface area contributed by atoms with Gasteiger partial charge in [-0.15, -0.1) is 0 Å². The number of piperidine rings is 1. The fourth-order valence-electron chi connectivity index (χ4n) is 1.96. The number of hydrogen-bond donors (Lipinski definition) is 1. The summed E-state index contributed by atoms with van der Waals surface area (Å²) in [6, 6.07) is 5.11. The van der Waals surface area contributed by atoms with E-state index in [0.717, 1.165) is 12.8 Å². The summed E-state index contributed by atoms with van der Waals surface area (Å²) in [5.41, 5.74) is 6.34. The quantitative estimate of drug-likeness (QED) is 0.854. The highest BCUT2D eigenvalue weighted by Gasteiger charge is 2.21. The first-order valence-electron chi connectivity index (χ1n) is 5.57. The molecule has 0 radical (unpaired) electrons. The lowest BCUT2D eigenvalue weighted by Gasteiger charge is -2.30. The Kier molecular flexibility index (Phi) is 3.92. The maximum absolute atomic E-state index is 12.2. The lowest BCUT2D eigenvalue weighted by Crippen LogP contribution is -2.42. The van der Waals surface area contributed by atoms with E-state index in [0.29, 0.717) is 28.7 Å². The van der Waals surface area contributed by atoms with E-state index in [4.69, 9.17) is 28.9 Å². The van der Waals surface area contributed by atoms with Crippen LogP contribution in [0, 0.1) is 0 Å². The van der Waals surface area contributed by atoms with Crippen LogP contribution in [-0.2, 0) is 0 Å². The van der Waals surface area contributed by atoms with Crippen LogP contribution in [0.25, 0.3) is 0 Å². The molecule has 0 aliphatic carbocycles. The number of carbonyl (C=O) groups is 1. The Hall–Kier alpha value is -0.770. The van der Waals surface area contributed by atoms with E-state index < -0.39 is 0 Å². The van der Waals surface area contributed by atoms with Gasteiger partial charge >= 0.3 is 0 Å². The van der Waals surface area contributed by atoms with E-state index >= 15 is 0 Å². The van der Waals surface area contributed by atoms with E-state index in [9.17, 15) is 4.79 Å². The minimum atomic E-state index is -0.0266. The van der Waals surface area contributed by atoms with Gasteiger partial charge in [0, 0.05) is 34.7 Å². The minimum Gasteiger partial charge on any atom is -0.339 e. The number of carbonyl (C=O) groups excluding carboxylic acids is 1. The van der Waals surface area contributed by atoms with Crippen LogP contribution in [0.5, 0.6) is 0 Å². The molecular weight excluding hydrogens is 259 g/mol. The molecule has 0 unspecified atom stereocenters. The number of rotatable bonds is 1. The summed E-state index contributed by atoms with van der Waals surface area (Å²) < 4.78 is 0. The van der Waals surface area contributed by atoms with Gasteiger partial charge in [0.1, 0.15) is 0 Å². The molecule has 1 saturated heterocycles. The first kappa shape index (κ1) is 12.7. The van der Waals surface area contributed by atoms with Gasteiger partial charge in [-0.05, 0) is 31.0 Å². The fourth-order valence-corrected chi connectivity index (χ4v) is 2.49. The number of likely N-dealkylation sites (tertiary alicyclic amines) is 1. The third kappa shape index (κ3) is 3.12. The van der Waals surface area contributed by atoms with Gasteiger partial charge in [0.05, 0.1) is 0 Å². The number of amides is 1. The lowest BCUT2D eigenvalue weighted by molar-refractivity contribution is 0.0715. The van der Waals surface area contributed by atoms with Gasteiger partial charge in [0.2, 0.25) is 0 Å². The second kappa shape index (κ2) is 5.25. The smallest absolute Gasteiger partial charge is 0.253 e. The Morgan fingerprint density at radius 1 is 1.18 bits per heavy atom. The van der Waals surface area contributed by atoms with Crippen LogP contribution >= 0.6 is 23.2 Å². The number of nitrogens with two attached hydrogens (primary N) is 1. The van der Waals surface area contributed by atoms with Crippen molar-refractivity contribution in [2.75, 3.05) is 13.1 Å². The molecule has 1 aromatic carbocycles. The van der Waals surface area contributed by atoms with Crippen molar-refractivity contribution in [1.29, 1.82) is 0 Å². The van der Waals surface area contributed by atoms with Crippen molar-refractivity contribution in [3.63, 3.8) is 0 Å². The first-order valence-corrected chi connectivity index (χ1v) is 6.33. The molecule has 1 amide bonds. The molecule has 1 aliphatic heterocycles. The predicted octanol–water partition coefficient (Wildman–Crippen LogP) is 2.56. The van der Waals surface area contributed by atoms with Gasteiger partial charge in [0.25, 0.3) is 5.91 Å². The molecule has 17 heavy (non-hydrogen) atoms. The monoisotopic (exact) mass is 272 g/mol. The fraction of sp³-hybridized carbons (Fsp3) is 0.417. The molecule has 5 heteroatoms. The van der Waals surface area contributed by atoms with Crippen molar-refractivity contribution in [2.45, 2.75) is 18.9 Å². The molecule has 0 bridgehead atoms. The Bertz CT molecular complexity index is 408. The molecule has 0 spiro atoms. The van der Waals surface area contributed by atoms with Crippen LogP contribution in [0.15, 0.2) is 18.2 Å². The highest BCUT2D eigenvalue weighted by atomic mass is 35.5. The summed E-state index contributed by atoms with van der Waals surface area (Å²) in [6.45, 7) is 1.40. The summed E-state index contributed by atoms with van der Waals surface area (Å²) in [5, 5.41) is 0.962. The highest BCUT2D eigenvalue weighted by Crippen LogP contribution is 2.21. The average molecular weight is 273 g/mol. The number of nitrogens with zero attached hydrogens (tertiary/aromatic N) is 1. The predicted molar refractivity (Wildman–Crippen MR) is 69.6 cm³/mol. The molecule has 2 rings (SSSR count). The van der Waals surface area contributed by atoms with E-state index in [1.807, 2.05) is 0 Å². The molecule has 3 nitrogen and oxygen atoms in total. The molecule has 0 saturated carbocycles. The largest absolute Gasteiger partial charge is 0.339 e. The Labute approximate surface area is 110 Å². The molecule has 1 aliphatic rings. The minimum absolute atomic E-state index is 0.0266. The van der Waals surface area contributed by atoms with Crippen molar-refractivity contribution in [2.24, 2.45) is 5.73 Å². The van der Waals surface area contributed by atoms with Crippen LogP contribution in [0.2, 0.25) is 10.0 Å². The zero-order valence-electron chi connectivity index (χ0n) is 9.33. The van der Waals surface area contributed by atoms with Gasteiger partial charge < -0.3 is 10.6 Å². The second-order valence-corrected chi connectivity index (χ2v) is 5.16. The Morgan fingerprint density at radius 2 is 1.71 bits per heavy atom. The number of benzene rings is 1. The molecule has 92 valence electrons. The SMILES string of the molecule is NC1CCN(C(=O)c2cc(Cl)cc(Cl)c2)CC1. The Balaban J connectivity index is 2.14. The zero-order valence-corrected chi connectivity index (χ0v) is 10.8. The van der Waals surface area contributed by atoms with Gasteiger partial charge in [-0.25, -0.2) is 0 Å². The summed E-state index contributed by atoms with van der Waals surface area (Å²) in [7, 11) is 0. The Morgan fingerprint density at radius 3 is 2.24 bits per heavy atom. The molecule has 0 aromatic heterocycles. The van der Waals surface area contributed by atoms with Crippen molar-refractivity contribution in [1.82, 2.24) is 4.90 Å². The molecule has 1 fully saturated rings. The van der Waals surface area contributed by atoms with Crippen LogP contribution in [0.3, 0.4) is 0 Å². The van der Waals surface area contributed by atoms with Crippen LogP contribution in [0.1, 0.15) is 23.2 Å². The van der Waals surface area contributed by atoms with Gasteiger partial charge in [0.15, 0.2) is 0 Å². The summed E-state index contributed by atoms with van der Waals surface area (Å²) in [5.74, 6) is -0.0266. The third-order valence-electron chi connectivity index (χ3n) is 2.94. The van der Waals surface area contributed by atoms with Crippen molar-refractivity contribution in [3.8, 4) is 0 Å². The van der Waals surface area contributed by atoms with Crippen molar-refractivity contribution >= 4 is 29.1 Å². The highest BCUT2D eigenvalue weighted by molar-refractivity contribution is 6.35. The number of halogens is 2. The van der Waals surface area contributed by atoms with Gasteiger partial charge in [-0.3, -0.25) is 4.79 Å². The van der Waals surface area contributed by atoms with Crippen molar-refractivity contribution in [3.05, 3.63) is 33.8 Å². The van der Waals surface area contributed by atoms with E-state index in [1.165, 1.54) is 0 Å². The molecule has 2 N–H and O–H groups in total. The number of hydrogen-bond acceptors (Lipinski definition) is 2. The topological polar surface area (TPSA) is 46.3 Å². The molecule has 0 atom stereocenters. The normalized spacial score (nSPS) is 17.2. The summed E-state index contributed by atoms with van der Waals surface area (Å²) in [6.07, 6.45) is 1.69. The average Bonchev–Trinajstić information content (AvgIpc) is 2.28. The maximum Gasteiger partial charge on any atom is 0.253 e. The summed E-state index contributed by atoms with van der Waals surface area (Å²) in [4.78, 5) is 14.0. The maximum atomic E-state index is 12.2. The van der Waals surface area contributed by atoms with Gasteiger partial charge in [-0.1, -0.05) is 23.2 Å². The molecular formula is C12H14Cl2N2O. The standard InChI is InChI=1S/C12H14Cl2N2O/c13-9-5-8(6-10(14)7-9)12(17)16-3-1-11(15)2-4-16/h5-7,11H,1-4,15H2. The van der Waals surface area contributed by atoms with Crippen molar-refractivity contribution < 1.29 is 4.79 Å². The van der Waals surface area contributed by atoms with Crippen LogP contribution in [0.4, 0.5) is 0 Å². The van der Waals surface area contributed by atoms with Gasteiger partial charge in [-0.2, -0.15) is 0 Å². The first-order chi connectivity index (χ1) is 8.06. The lowest BCUT2D eigenvalue weighted by atomic mass is 10.0. The summed E-state index contributed by atoms with van der Waals surface area (Å²) >= 11 is 11.8. The van der Waals surface area contributed by atoms with E-state index in [-0.39, 0.29) is 11.9 Å². The van der Waals surface area contributed by atoms with E-state index in [1.54, 1.807) is 23.1 Å². The molecule has 1 heterocycles.